The van der Waals surface area contributed by atoms with Crippen molar-refractivity contribution in [1.82, 2.24) is 4.90 Å². The molecule has 0 amide bonds. The number of carbonyl (C=O) groups excluding carboxylic acids is 2. The molecular formula is C20H31NO7. The number of fused-ring (bicyclic) bond motifs is 1. The number of aliphatic hydroxyl groups excluding tert-OH is 1. The Morgan fingerprint density at radius 2 is 2.04 bits per heavy atom. The highest BCUT2D eigenvalue weighted by molar-refractivity contribution is 5.87. The van der Waals surface area contributed by atoms with E-state index < -0.39 is 23.3 Å². The van der Waals surface area contributed by atoms with Gasteiger partial charge in [-0.1, -0.05) is 12.2 Å². The van der Waals surface area contributed by atoms with Gasteiger partial charge >= 0.3 is 11.9 Å². The minimum atomic E-state index is -2.46. The number of ether oxygens (including phenoxy) is 2. The summed E-state index contributed by atoms with van der Waals surface area (Å²) in [6.07, 6.45) is 2.40. The van der Waals surface area contributed by atoms with Crippen LogP contribution in [0.2, 0.25) is 0 Å². The van der Waals surface area contributed by atoms with Crippen LogP contribution in [0.4, 0.5) is 0 Å². The molecule has 158 valence electrons. The zero-order valence-electron chi connectivity index (χ0n) is 17.1. The second-order valence-corrected chi connectivity index (χ2v) is 8.00. The fourth-order valence-electron chi connectivity index (χ4n) is 3.66. The standard InChI is InChI=1S/C20H31NO7/c1-6-12(2)17(23)28-15-8-10-21-9-7-14(16(15)21)11-27-18(24)20(26,13(3)22)19(4,5)25/h6-7,13,15-16,22,25-26H,8-11H2,1-5H3/t13-,15+,16-,20+/m1/s1. The predicted molar refractivity (Wildman–Crippen MR) is 101 cm³/mol. The molecular weight excluding hydrogens is 366 g/mol. The normalized spacial score (nSPS) is 26.3. The van der Waals surface area contributed by atoms with Crippen molar-refractivity contribution >= 4 is 11.9 Å². The largest absolute Gasteiger partial charge is 0.459 e. The molecule has 0 aromatic carbocycles. The number of hydrogen-bond donors (Lipinski definition) is 3. The highest BCUT2D eigenvalue weighted by Crippen LogP contribution is 2.33. The van der Waals surface area contributed by atoms with Gasteiger partial charge in [-0.3, -0.25) is 4.90 Å². The molecule has 0 aromatic heterocycles. The molecule has 2 heterocycles. The van der Waals surface area contributed by atoms with Gasteiger partial charge in [0.15, 0.2) is 0 Å². The van der Waals surface area contributed by atoms with Crippen LogP contribution in [0.5, 0.6) is 0 Å². The Kier molecular flexibility index (Phi) is 6.70. The van der Waals surface area contributed by atoms with Gasteiger partial charge in [0.1, 0.15) is 18.3 Å². The molecule has 0 aliphatic carbocycles. The Labute approximate surface area is 165 Å². The minimum absolute atomic E-state index is 0.123. The van der Waals surface area contributed by atoms with Crippen molar-refractivity contribution in [3.05, 3.63) is 23.3 Å². The third kappa shape index (κ3) is 4.15. The van der Waals surface area contributed by atoms with Gasteiger partial charge in [-0.2, -0.15) is 0 Å². The molecule has 0 radical (unpaired) electrons. The van der Waals surface area contributed by atoms with E-state index in [1.807, 2.05) is 6.08 Å². The zero-order chi connectivity index (χ0) is 21.3. The zero-order valence-corrected chi connectivity index (χ0v) is 17.1. The highest BCUT2D eigenvalue weighted by Gasteiger charge is 2.54. The van der Waals surface area contributed by atoms with Crippen molar-refractivity contribution in [1.29, 1.82) is 0 Å². The van der Waals surface area contributed by atoms with E-state index in [4.69, 9.17) is 9.47 Å². The van der Waals surface area contributed by atoms with Crippen molar-refractivity contribution in [2.75, 3.05) is 19.7 Å². The topological polar surface area (TPSA) is 117 Å². The number of carbonyl (C=O) groups is 2. The molecule has 2 rings (SSSR count). The summed E-state index contributed by atoms with van der Waals surface area (Å²) in [5, 5.41) is 30.5. The van der Waals surface area contributed by atoms with Crippen LogP contribution in [0.3, 0.4) is 0 Å². The molecule has 0 aromatic rings. The second-order valence-electron chi connectivity index (χ2n) is 8.00. The van der Waals surface area contributed by atoms with Gasteiger partial charge in [-0.05, 0) is 46.6 Å². The molecule has 28 heavy (non-hydrogen) atoms. The third-order valence-electron chi connectivity index (χ3n) is 5.65. The monoisotopic (exact) mass is 397 g/mol. The van der Waals surface area contributed by atoms with Crippen LogP contribution in [0.1, 0.15) is 41.0 Å². The molecule has 8 nitrogen and oxygen atoms in total. The van der Waals surface area contributed by atoms with Crippen LogP contribution in [-0.4, -0.2) is 81.3 Å². The van der Waals surface area contributed by atoms with Gasteiger partial charge < -0.3 is 24.8 Å². The van der Waals surface area contributed by atoms with E-state index in [9.17, 15) is 24.9 Å². The Balaban J connectivity index is 2.06. The van der Waals surface area contributed by atoms with Crippen LogP contribution in [0.15, 0.2) is 23.3 Å². The van der Waals surface area contributed by atoms with Crippen molar-refractivity contribution < 1.29 is 34.4 Å². The molecule has 2 aliphatic rings. The molecule has 8 heteroatoms. The fraction of sp³-hybridized carbons (Fsp3) is 0.700. The Hall–Kier alpha value is -1.74. The van der Waals surface area contributed by atoms with Gasteiger partial charge in [0.2, 0.25) is 5.60 Å². The summed E-state index contributed by atoms with van der Waals surface area (Å²) >= 11 is 0. The molecule has 3 N–H and O–H groups in total. The number of esters is 2. The van der Waals surface area contributed by atoms with Gasteiger partial charge in [0.25, 0.3) is 0 Å². The number of hydrogen-bond acceptors (Lipinski definition) is 8. The van der Waals surface area contributed by atoms with Crippen molar-refractivity contribution in [3.8, 4) is 0 Å². The second kappa shape index (κ2) is 8.32. The van der Waals surface area contributed by atoms with E-state index in [1.165, 1.54) is 20.8 Å². The Morgan fingerprint density at radius 1 is 1.39 bits per heavy atom. The molecule has 0 saturated carbocycles. The maximum Gasteiger partial charge on any atom is 0.344 e. The first-order chi connectivity index (χ1) is 12.9. The van der Waals surface area contributed by atoms with Crippen LogP contribution in [0, 0.1) is 0 Å². The molecule has 1 saturated heterocycles. The molecule has 4 atom stereocenters. The Bertz CT molecular complexity index is 677. The number of aliphatic hydroxyl groups is 3. The number of nitrogens with zero attached hydrogens (tertiary/aromatic N) is 1. The molecule has 1 fully saturated rings. The quantitative estimate of drug-likeness (QED) is 0.319. The lowest BCUT2D eigenvalue weighted by atomic mass is 9.81. The van der Waals surface area contributed by atoms with E-state index in [-0.39, 0.29) is 24.7 Å². The van der Waals surface area contributed by atoms with Gasteiger partial charge in [0.05, 0.1) is 12.1 Å². The summed E-state index contributed by atoms with van der Waals surface area (Å²) in [5.41, 5.74) is -3.06. The van der Waals surface area contributed by atoms with Crippen LogP contribution in [-0.2, 0) is 19.1 Å². The van der Waals surface area contributed by atoms with Gasteiger partial charge in [-0.25, -0.2) is 9.59 Å². The third-order valence-corrected chi connectivity index (χ3v) is 5.65. The molecule has 0 spiro atoms. The number of rotatable bonds is 7. The summed E-state index contributed by atoms with van der Waals surface area (Å²) in [7, 11) is 0. The van der Waals surface area contributed by atoms with Crippen LogP contribution < -0.4 is 0 Å². The van der Waals surface area contributed by atoms with Crippen molar-refractivity contribution in [2.24, 2.45) is 0 Å². The van der Waals surface area contributed by atoms with Gasteiger partial charge in [-0.15, -0.1) is 0 Å². The summed E-state index contributed by atoms with van der Waals surface area (Å²) < 4.78 is 10.9. The average Bonchev–Trinajstić information content (AvgIpc) is 3.20. The summed E-state index contributed by atoms with van der Waals surface area (Å²) in [6, 6.07) is -0.191. The van der Waals surface area contributed by atoms with Crippen LogP contribution >= 0.6 is 0 Å². The first kappa shape index (κ1) is 22.5. The first-order valence-corrected chi connectivity index (χ1v) is 9.50. The van der Waals surface area contributed by atoms with E-state index in [1.54, 1.807) is 19.9 Å². The summed E-state index contributed by atoms with van der Waals surface area (Å²) in [6.45, 7) is 8.42. The summed E-state index contributed by atoms with van der Waals surface area (Å²) in [4.78, 5) is 26.7. The first-order valence-electron chi connectivity index (χ1n) is 9.50. The van der Waals surface area contributed by atoms with Crippen molar-refractivity contribution in [2.45, 2.75) is 70.5 Å². The smallest absolute Gasteiger partial charge is 0.344 e. The number of allylic oxidation sites excluding steroid dienone is 1. The van der Waals surface area contributed by atoms with E-state index >= 15 is 0 Å². The maximum atomic E-state index is 12.5. The minimum Gasteiger partial charge on any atom is -0.459 e. The molecule has 0 bridgehead atoms. The fourth-order valence-corrected chi connectivity index (χ4v) is 3.66. The molecule has 2 aliphatic heterocycles. The highest BCUT2D eigenvalue weighted by atomic mass is 16.6. The van der Waals surface area contributed by atoms with E-state index in [0.29, 0.717) is 18.5 Å². The molecule has 0 unspecified atom stereocenters. The van der Waals surface area contributed by atoms with Crippen molar-refractivity contribution in [3.63, 3.8) is 0 Å². The summed E-state index contributed by atoms with van der Waals surface area (Å²) in [5.74, 6) is -1.48. The van der Waals surface area contributed by atoms with Gasteiger partial charge in [0, 0.05) is 18.7 Å². The predicted octanol–water partition coefficient (Wildman–Crippen LogP) is 0.305. The van der Waals surface area contributed by atoms with E-state index in [0.717, 1.165) is 12.1 Å². The van der Waals surface area contributed by atoms with E-state index in [2.05, 4.69) is 4.90 Å². The SMILES string of the molecule is CC=C(C)C(=O)O[C@H]1CCN2CC=C(COC(=O)[C@@](O)([C@@H](C)O)C(C)(C)O)[C@H]12. The maximum absolute atomic E-state index is 12.5. The lowest BCUT2D eigenvalue weighted by Gasteiger charge is -2.38. The lowest BCUT2D eigenvalue weighted by Crippen LogP contribution is -2.63. The lowest BCUT2D eigenvalue weighted by molar-refractivity contribution is -0.213. The average molecular weight is 397 g/mol. The van der Waals surface area contributed by atoms with Crippen LogP contribution in [0.25, 0.3) is 0 Å². The Morgan fingerprint density at radius 3 is 2.57 bits per heavy atom.